The van der Waals surface area contributed by atoms with Crippen LogP contribution in [0.4, 0.5) is 10.5 Å². The van der Waals surface area contributed by atoms with E-state index in [1.807, 2.05) is 91.9 Å². The number of nitrogens with zero attached hydrogens (tertiary/aromatic N) is 1. The molecule has 6 heteroatoms. The Balaban J connectivity index is 1.55. The third-order valence-corrected chi connectivity index (χ3v) is 5.94. The molecule has 1 aliphatic heterocycles. The Morgan fingerprint density at radius 3 is 2.24 bits per heavy atom. The summed E-state index contributed by atoms with van der Waals surface area (Å²) in [7, 11) is 0. The first-order chi connectivity index (χ1) is 16.0. The molecule has 1 saturated heterocycles. The molecule has 0 aromatic heterocycles. The van der Waals surface area contributed by atoms with Crippen LogP contribution in [-0.2, 0) is 15.1 Å². The minimum absolute atomic E-state index is 0.353. The van der Waals surface area contributed by atoms with Gasteiger partial charge in [0.25, 0.3) is 5.91 Å². The van der Waals surface area contributed by atoms with Gasteiger partial charge in [-0.3, -0.25) is 14.5 Å². The molecular weight excluding hydrogens is 414 g/mol. The van der Waals surface area contributed by atoms with Crippen molar-refractivity contribution < 1.29 is 14.4 Å². The zero-order valence-corrected chi connectivity index (χ0v) is 18.6. The van der Waals surface area contributed by atoms with Gasteiger partial charge in [0.05, 0.1) is 0 Å². The molecule has 0 radical (unpaired) electrons. The van der Waals surface area contributed by atoms with E-state index in [1.165, 1.54) is 0 Å². The van der Waals surface area contributed by atoms with Crippen molar-refractivity contribution in [2.45, 2.75) is 31.7 Å². The van der Waals surface area contributed by atoms with Gasteiger partial charge in [-0.05, 0) is 23.6 Å². The van der Waals surface area contributed by atoms with E-state index in [0.717, 1.165) is 34.4 Å². The molecule has 0 spiro atoms. The highest BCUT2D eigenvalue weighted by atomic mass is 16.2. The number of amides is 4. The van der Waals surface area contributed by atoms with Gasteiger partial charge in [0.1, 0.15) is 12.1 Å². The molecule has 3 aromatic carbocycles. The normalized spacial score (nSPS) is 17.7. The average Bonchev–Trinajstić information content (AvgIpc) is 3.09. The third-order valence-electron chi connectivity index (χ3n) is 5.94. The van der Waals surface area contributed by atoms with Gasteiger partial charge in [-0.2, -0.15) is 0 Å². The van der Waals surface area contributed by atoms with Crippen molar-refractivity contribution in [1.82, 2.24) is 10.2 Å². The van der Waals surface area contributed by atoms with Crippen molar-refractivity contribution in [3.8, 4) is 11.1 Å². The summed E-state index contributed by atoms with van der Waals surface area (Å²) in [5.74, 6) is -0.820. The van der Waals surface area contributed by atoms with Crippen LogP contribution in [0.5, 0.6) is 0 Å². The Morgan fingerprint density at radius 1 is 0.909 bits per heavy atom. The zero-order chi connectivity index (χ0) is 23.3. The van der Waals surface area contributed by atoms with Gasteiger partial charge in [-0.1, -0.05) is 98.6 Å². The first-order valence-corrected chi connectivity index (χ1v) is 11.2. The predicted molar refractivity (Wildman–Crippen MR) is 128 cm³/mol. The molecule has 1 fully saturated rings. The molecule has 1 unspecified atom stereocenters. The Hall–Kier alpha value is -3.93. The van der Waals surface area contributed by atoms with E-state index in [4.69, 9.17) is 0 Å². The number of carbonyl (C=O) groups is 3. The number of imide groups is 1. The van der Waals surface area contributed by atoms with Crippen LogP contribution in [-0.4, -0.2) is 29.3 Å². The zero-order valence-electron chi connectivity index (χ0n) is 18.6. The largest absolute Gasteiger partial charge is 0.325 e. The highest BCUT2D eigenvalue weighted by Gasteiger charge is 2.52. The number of benzene rings is 3. The van der Waals surface area contributed by atoms with Crippen LogP contribution in [0.15, 0.2) is 84.9 Å². The standard InChI is InChI=1S/C27H27N3O3/c1-2-3-18-27(21-14-8-5-9-15-21)25(32)30(26(33)29-27)19-24(31)28-23-17-11-10-16-22(23)20-12-6-4-7-13-20/h4-17H,2-3,18-19H2,1H3,(H,28,31)(H,29,33). The molecule has 1 heterocycles. The summed E-state index contributed by atoms with van der Waals surface area (Å²) in [5.41, 5.74) is 2.04. The first kappa shape index (κ1) is 22.3. The quantitative estimate of drug-likeness (QED) is 0.487. The topological polar surface area (TPSA) is 78.5 Å². The molecule has 0 saturated carbocycles. The average molecular weight is 442 g/mol. The number of hydrogen-bond donors (Lipinski definition) is 2. The number of urea groups is 1. The minimum atomic E-state index is -1.14. The van der Waals surface area contributed by atoms with Gasteiger partial charge in [0, 0.05) is 11.3 Å². The van der Waals surface area contributed by atoms with Crippen LogP contribution >= 0.6 is 0 Å². The summed E-state index contributed by atoms with van der Waals surface area (Å²) in [6.45, 7) is 1.68. The smallest absolute Gasteiger partial charge is 0.324 e. The fourth-order valence-electron chi connectivity index (χ4n) is 4.24. The van der Waals surface area contributed by atoms with Gasteiger partial charge in [-0.25, -0.2) is 4.79 Å². The van der Waals surface area contributed by atoms with E-state index in [1.54, 1.807) is 0 Å². The summed E-state index contributed by atoms with van der Waals surface area (Å²) < 4.78 is 0. The Kier molecular flexibility index (Phi) is 6.54. The van der Waals surface area contributed by atoms with Gasteiger partial charge >= 0.3 is 6.03 Å². The monoisotopic (exact) mass is 441 g/mol. The molecule has 3 aromatic rings. The molecule has 2 N–H and O–H groups in total. The summed E-state index contributed by atoms with van der Waals surface area (Å²) in [4.78, 5) is 40.2. The van der Waals surface area contributed by atoms with Crippen LogP contribution in [0.1, 0.15) is 31.7 Å². The van der Waals surface area contributed by atoms with Crippen molar-refractivity contribution in [2.24, 2.45) is 0 Å². The van der Waals surface area contributed by atoms with Crippen molar-refractivity contribution in [3.63, 3.8) is 0 Å². The van der Waals surface area contributed by atoms with Gasteiger partial charge in [0.15, 0.2) is 0 Å². The molecule has 4 amide bonds. The fourth-order valence-corrected chi connectivity index (χ4v) is 4.24. The van der Waals surface area contributed by atoms with E-state index in [2.05, 4.69) is 10.6 Å². The minimum Gasteiger partial charge on any atom is -0.324 e. The number of unbranched alkanes of at least 4 members (excludes halogenated alkanes) is 1. The number of nitrogens with one attached hydrogen (secondary N) is 2. The number of hydrogen-bond acceptors (Lipinski definition) is 3. The van der Waals surface area contributed by atoms with E-state index < -0.39 is 23.4 Å². The maximum absolute atomic E-state index is 13.5. The SMILES string of the molecule is CCCCC1(c2ccccc2)NC(=O)N(CC(=O)Nc2ccccc2-c2ccccc2)C1=O. The second kappa shape index (κ2) is 9.69. The molecule has 1 aliphatic rings. The lowest BCUT2D eigenvalue weighted by atomic mass is 9.85. The molecule has 1 atom stereocenters. The second-order valence-corrected chi connectivity index (χ2v) is 8.16. The van der Waals surface area contributed by atoms with Crippen LogP contribution < -0.4 is 10.6 Å². The maximum atomic E-state index is 13.5. The summed E-state index contributed by atoms with van der Waals surface area (Å²) >= 11 is 0. The van der Waals surface area contributed by atoms with Gasteiger partial charge in [0.2, 0.25) is 5.91 Å². The number of anilines is 1. The lowest BCUT2D eigenvalue weighted by Gasteiger charge is -2.27. The summed E-state index contributed by atoms with van der Waals surface area (Å²) in [5, 5.41) is 5.76. The molecule has 0 aliphatic carbocycles. The lowest BCUT2D eigenvalue weighted by molar-refractivity contribution is -0.134. The lowest BCUT2D eigenvalue weighted by Crippen LogP contribution is -2.44. The molecule has 168 valence electrons. The molecule has 0 bridgehead atoms. The fraction of sp³-hybridized carbons (Fsp3) is 0.222. The van der Waals surface area contributed by atoms with Crippen molar-refractivity contribution in [3.05, 3.63) is 90.5 Å². The highest BCUT2D eigenvalue weighted by molar-refractivity contribution is 6.10. The van der Waals surface area contributed by atoms with Crippen LogP contribution in [0.2, 0.25) is 0 Å². The van der Waals surface area contributed by atoms with Gasteiger partial charge in [-0.15, -0.1) is 0 Å². The third kappa shape index (κ3) is 4.51. The van der Waals surface area contributed by atoms with Gasteiger partial charge < -0.3 is 10.6 Å². The van der Waals surface area contributed by atoms with E-state index in [-0.39, 0.29) is 6.54 Å². The van der Waals surface area contributed by atoms with Crippen molar-refractivity contribution >= 4 is 23.5 Å². The van der Waals surface area contributed by atoms with Crippen molar-refractivity contribution in [1.29, 1.82) is 0 Å². The second-order valence-electron chi connectivity index (χ2n) is 8.16. The Bertz CT molecular complexity index is 1150. The predicted octanol–water partition coefficient (Wildman–Crippen LogP) is 4.93. The number of rotatable bonds is 8. The van der Waals surface area contributed by atoms with Crippen LogP contribution in [0.3, 0.4) is 0 Å². The van der Waals surface area contributed by atoms with E-state index >= 15 is 0 Å². The van der Waals surface area contributed by atoms with Crippen molar-refractivity contribution in [2.75, 3.05) is 11.9 Å². The van der Waals surface area contributed by atoms with Crippen LogP contribution in [0, 0.1) is 0 Å². The molecule has 33 heavy (non-hydrogen) atoms. The molecular formula is C27H27N3O3. The Morgan fingerprint density at radius 2 is 1.55 bits per heavy atom. The van der Waals surface area contributed by atoms with E-state index in [9.17, 15) is 14.4 Å². The first-order valence-electron chi connectivity index (χ1n) is 11.2. The van der Waals surface area contributed by atoms with Crippen LogP contribution in [0.25, 0.3) is 11.1 Å². The van der Waals surface area contributed by atoms with E-state index in [0.29, 0.717) is 12.1 Å². The highest BCUT2D eigenvalue weighted by Crippen LogP contribution is 2.34. The summed E-state index contributed by atoms with van der Waals surface area (Å²) in [6, 6.07) is 25.9. The Labute approximate surface area is 193 Å². The summed E-state index contributed by atoms with van der Waals surface area (Å²) in [6.07, 6.45) is 2.13. The maximum Gasteiger partial charge on any atom is 0.325 e. The molecule has 4 rings (SSSR count). The number of carbonyl (C=O) groups excluding carboxylic acids is 3. The molecule has 6 nitrogen and oxygen atoms in total. The number of para-hydroxylation sites is 1.